The molecule has 0 bridgehead atoms. The number of hydrogen-bond acceptors (Lipinski definition) is 6. The summed E-state index contributed by atoms with van der Waals surface area (Å²) in [6.07, 6.45) is 11.7. The molecule has 5 nitrogen and oxygen atoms in total. The Balaban J connectivity index is 1.38. The number of aliphatic imine (C=N–C) groups is 1. The zero-order valence-corrected chi connectivity index (χ0v) is 16.6. The second kappa shape index (κ2) is 8.90. The van der Waals surface area contributed by atoms with Gasteiger partial charge < -0.3 is 9.80 Å². The van der Waals surface area contributed by atoms with Crippen LogP contribution in [0.3, 0.4) is 0 Å². The first-order valence-electron chi connectivity index (χ1n) is 10.1. The van der Waals surface area contributed by atoms with Gasteiger partial charge in [-0.2, -0.15) is 5.26 Å². The minimum atomic E-state index is 0.464. The Kier molecular flexibility index (Phi) is 6.10. The van der Waals surface area contributed by atoms with E-state index in [4.69, 9.17) is 10.3 Å². The highest BCUT2D eigenvalue weighted by Crippen LogP contribution is 2.33. The third-order valence-corrected chi connectivity index (χ3v) is 6.90. The molecule has 0 amide bonds. The molecule has 4 rings (SSSR count). The molecule has 2 fully saturated rings. The predicted molar refractivity (Wildman–Crippen MR) is 111 cm³/mol. The molecule has 0 N–H and O–H groups in total. The fourth-order valence-electron chi connectivity index (χ4n) is 4.18. The van der Waals surface area contributed by atoms with Crippen molar-refractivity contribution in [3.63, 3.8) is 0 Å². The second-order valence-corrected chi connectivity index (χ2v) is 8.49. The van der Waals surface area contributed by atoms with E-state index in [0.717, 1.165) is 42.8 Å². The molecule has 27 heavy (non-hydrogen) atoms. The molecule has 1 aromatic rings. The first-order valence-corrected chi connectivity index (χ1v) is 10.9. The first kappa shape index (κ1) is 18.5. The topological polar surface area (TPSA) is 55.5 Å². The van der Waals surface area contributed by atoms with Gasteiger partial charge in [-0.3, -0.25) is 4.99 Å². The fourth-order valence-corrected chi connectivity index (χ4v) is 5.29. The normalized spacial score (nSPS) is 22.6. The van der Waals surface area contributed by atoms with Crippen molar-refractivity contribution in [2.45, 2.75) is 44.6 Å². The van der Waals surface area contributed by atoms with Gasteiger partial charge in [-0.05, 0) is 57.3 Å². The van der Waals surface area contributed by atoms with E-state index in [9.17, 15) is 0 Å². The van der Waals surface area contributed by atoms with Crippen molar-refractivity contribution in [1.29, 1.82) is 5.26 Å². The number of hydrogen-bond donors (Lipinski definition) is 0. The van der Waals surface area contributed by atoms with Crippen LogP contribution in [0.25, 0.3) is 4.91 Å². The van der Waals surface area contributed by atoms with Gasteiger partial charge in [0.2, 0.25) is 0 Å². The van der Waals surface area contributed by atoms with Crippen LogP contribution in [-0.2, 0) is 0 Å². The molecule has 0 radical (unpaired) electrons. The number of likely N-dealkylation sites (tertiary alicyclic amines) is 2. The summed E-state index contributed by atoms with van der Waals surface area (Å²) in [5.41, 5.74) is 1.54. The molecule has 0 saturated carbocycles. The van der Waals surface area contributed by atoms with E-state index in [1.807, 2.05) is 12.3 Å². The van der Waals surface area contributed by atoms with E-state index in [0.29, 0.717) is 5.69 Å². The van der Waals surface area contributed by atoms with Crippen molar-refractivity contribution in [2.75, 3.05) is 32.7 Å². The maximum absolute atomic E-state index is 8.95. The van der Waals surface area contributed by atoms with Crippen LogP contribution in [0.4, 0.5) is 0 Å². The van der Waals surface area contributed by atoms with Gasteiger partial charge in [0, 0.05) is 42.3 Å². The van der Waals surface area contributed by atoms with Crippen LogP contribution in [0.1, 0.15) is 49.8 Å². The third-order valence-electron chi connectivity index (χ3n) is 5.71. The minimum absolute atomic E-state index is 0.464. The van der Waals surface area contributed by atoms with Crippen molar-refractivity contribution in [2.24, 2.45) is 4.99 Å². The van der Waals surface area contributed by atoms with Gasteiger partial charge in [0.15, 0.2) is 5.17 Å². The van der Waals surface area contributed by atoms with Crippen LogP contribution < -0.4 is 0 Å². The smallest absolute Gasteiger partial charge is 0.164 e. The lowest BCUT2D eigenvalue weighted by molar-refractivity contribution is 0.115. The molecule has 0 unspecified atom stereocenters. The number of aromatic nitrogens is 1. The second-order valence-electron chi connectivity index (χ2n) is 7.48. The minimum Gasteiger partial charge on any atom is -0.351 e. The first-order chi connectivity index (χ1) is 13.3. The lowest BCUT2D eigenvalue weighted by atomic mass is 10.0. The Morgan fingerprint density at radius 1 is 1.07 bits per heavy atom. The highest BCUT2D eigenvalue weighted by molar-refractivity contribution is 8.21. The average molecular weight is 382 g/mol. The highest BCUT2D eigenvalue weighted by atomic mass is 32.2. The summed E-state index contributed by atoms with van der Waals surface area (Å²) in [6, 6.07) is 6.64. The number of nitrogens with zero attached hydrogens (tertiary/aromatic N) is 5. The van der Waals surface area contributed by atoms with Gasteiger partial charge >= 0.3 is 0 Å². The zero-order valence-electron chi connectivity index (χ0n) is 15.8. The lowest BCUT2D eigenvalue weighted by Gasteiger charge is -2.41. The largest absolute Gasteiger partial charge is 0.351 e. The SMILES string of the molecule is N#Cc1ccc(C2=CCCN=C(N3CCC(N4CCCCC4)CC3)S2)cn1. The summed E-state index contributed by atoms with van der Waals surface area (Å²) in [6.45, 7) is 5.64. The quantitative estimate of drug-likeness (QED) is 0.781. The summed E-state index contributed by atoms with van der Waals surface area (Å²) in [7, 11) is 0. The molecule has 0 spiro atoms. The maximum atomic E-state index is 8.95. The number of nitriles is 1. The summed E-state index contributed by atoms with van der Waals surface area (Å²) < 4.78 is 0. The van der Waals surface area contributed by atoms with Gasteiger partial charge in [-0.1, -0.05) is 24.3 Å². The van der Waals surface area contributed by atoms with E-state index in [1.54, 1.807) is 17.8 Å². The van der Waals surface area contributed by atoms with Crippen LogP contribution in [0.2, 0.25) is 0 Å². The Bertz CT molecular complexity index is 735. The number of rotatable bonds is 2. The molecule has 4 heterocycles. The fraction of sp³-hybridized carbons (Fsp3) is 0.571. The molecule has 3 aliphatic heterocycles. The average Bonchev–Trinajstić information content (AvgIpc) is 3.01. The lowest BCUT2D eigenvalue weighted by Crippen LogP contribution is -2.47. The number of thioether (sulfide) groups is 1. The maximum Gasteiger partial charge on any atom is 0.164 e. The predicted octanol–water partition coefficient (Wildman–Crippen LogP) is 3.74. The summed E-state index contributed by atoms with van der Waals surface area (Å²) in [4.78, 5) is 15.5. The van der Waals surface area contributed by atoms with Gasteiger partial charge in [-0.25, -0.2) is 4.98 Å². The van der Waals surface area contributed by atoms with Crippen molar-refractivity contribution >= 4 is 21.8 Å². The standard InChI is InChI=1S/C21H27N5S/c22-15-18-7-6-17(16-24-18)20-5-4-10-23-21(27-20)26-13-8-19(9-14-26)25-11-2-1-3-12-25/h5-7,16,19H,1-4,8-14H2. The van der Waals surface area contributed by atoms with Crippen molar-refractivity contribution in [1.82, 2.24) is 14.8 Å². The van der Waals surface area contributed by atoms with Crippen LogP contribution >= 0.6 is 11.8 Å². The van der Waals surface area contributed by atoms with Crippen molar-refractivity contribution in [3.05, 3.63) is 35.7 Å². The van der Waals surface area contributed by atoms with E-state index in [1.165, 1.54) is 50.1 Å². The number of piperidine rings is 2. The van der Waals surface area contributed by atoms with Crippen LogP contribution in [-0.4, -0.2) is 58.7 Å². The zero-order chi connectivity index (χ0) is 18.5. The summed E-state index contributed by atoms with van der Waals surface area (Å²) in [5, 5.41) is 10.1. The molecule has 0 aromatic carbocycles. The molecule has 1 aromatic heterocycles. The van der Waals surface area contributed by atoms with E-state index in [2.05, 4.69) is 26.9 Å². The van der Waals surface area contributed by atoms with Gasteiger partial charge in [0.05, 0.1) is 0 Å². The Labute approximate surface area is 166 Å². The number of pyridine rings is 1. The number of amidine groups is 1. The Morgan fingerprint density at radius 2 is 1.89 bits per heavy atom. The molecule has 0 atom stereocenters. The van der Waals surface area contributed by atoms with Crippen LogP contribution in [0.15, 0.2) is 29.4 Å². The van der Waals surface area contributed by atoms with Gasteiger partial charge in [0.1, 0.15) is 11.8 Å². The molecule has 3 aliphatic rings. The van der Waals surface area contributed by atoms with E-state index in [-0.39, 0.29) is 0 Å². The monoisotopic (exact) mass is 381 g/mol. The van der Waals surface area contributed by atoms with Gasteiger partial charge in [0.25, 0.3) is 0 Å². The van der Waals surface area contributed by atoms with Gasteiger partial charge in [-0.15, -0.1) is 0 Å². The van der Waals surface area contributed by atoms with Crippen LogP contribution in [0.5, 0.6) is 0 Å². The van der Waals surface area contributed by atoms with E-state index < -0.39 is 0 Å². The Morgan fingerprint density at radius 3 is 2.59 bits per heavy atom. The van der Waals surface area contributed by atoms with E-state index >= 15 is 0 Å². The molecule has 142 valence electrons. The molecule has 6 heteroatoms. The molecular weight excluding hydrogens is 354 g/mol. The summed E-state index contributed by atoms with van der Waals surface area (Å²) in [5.74, 6) is 0. The molecular formula is C21H27N5S. The van der Waals surface area contributed by atoms with Crippen molar-refractivity contribution < 1.29 is 0 Å². The summed E-state index contributed by atoms with van der Waals surface area (Å²) >= 11 is 1.76. The van der Waals surface area contributed by atoms with Crippen molar-refractivity contribution in [3.8, 4) is 6.07 Å². The van der Waals surface area contributed by atoms with Crippen LogP contribution in [0, 0.1) is 11.3 Å². The molecule has 0 aliphatic carbocycles. The highest BCUT2D eigenvalue weighted by Gasteiger charge is 2.27. The third kappa shape index (κ3) is 4.53. The Hall–Kier alpha value is -1.84. The molecule has 2 saturated heterocycles.